The lowest BCUT2D eigenvalue weighted by atomic mass is 10.0. The second-order valence-corrected chi connectivity index (χ2v) is 31.5. The molecule has 117 heavy (non-hydrogen) atoms. The van der Waals surface area contributed by atoms with E-state index in [9.17, 15) is 52.7 Å². The molecule has 10 aliphatic rings. The Balaban J connectivity index is 0.000000253. The molecule has 632 valence electrons. The third-order valence-electron chi connectivity index (χ3n) is 20.3. The number of amides is 12. The zero-order chi connectivity index (χ0) is 87.9. The van der Waals surface area contributed by atoms with E-state index in [-0.39, 0.29) is 56.1 Å². The molecule has 0 N–H and O–H groups in total. The fourth-order valence-electron chi connectivity index (χ4n) is 13.6. The van der Waals surface area contributed by atoms with Crippen molar-refractivity contribution in [1.82, 2.24) is 58.8 Å². The normalized spacial score (nSPS) is 22.0. The van der Waals surface area contributed by atoms with Gasteiger partial charge in [-0.1, -0.05) is 13.8 Å². The van der Waals surface area contributed by atoms with E-state index < -0.39 is 71.3 Å². The first kappa shape index (κ1) is 95.4. The van der Waals surface area contributed by atoms with Gasteiger partial charge in [0.1, 0.15) is 77.5 Å². The molecule has 10 heterocycles. The largest absolute Gasteiger partial charge is 0.477 e. The Labute approximate surface area is 688 Å². The first-order valence-corrected chi connectivity index (χ1v) is 39.3. The number of imide groups is 6. The highest BCUT2D eigenvalue weighted by Crippen LogP contribution is 2.35. The van der Waals surface area contributed by atoms with E-state index in [1.54, 1.807) is 36.5 Å². The van der Waals surface area contributed by atoms with Gasteiger partial charge in [0, 0.05) is 131 Å². The SMILES string of the molecule is CC(C)N1/C(=C\C=C2C(=O)N(C)C(=O)N(C)C2=O)OCC1(C)C.CC(C)N1CCC/C1=C/C=C(C#N)C#N.CCCN1C(=O)C(=C/C=C2/OCC(C)(C)N2CC)C(=O)N(CCC)C1=O.CCN1CCC/C1=C/C=C(C#N)C#N.CN1/C(=C\C=C2C(=O)OC(C)(C)OC2=O)OCC1(C)C.CN1C(=O)C(=C/C=C2/CCCN2C)C(=O)N(C)C1=O. The lowest BCUT2D eigenvalue weighted by Gasteiger charge is -2.34. The zero-order valence-corrected chi connectivity index (χ0v) is 72.0. The average molecular weight is 1620 g/mol. The summed E-state index contributed by atoms with van der Waals surface area (Å²) in [5.74, 6) is -4.16. The number of hydrogen-bond donors (Lipinski definition) is 0. The number of esters is 2. The van der Waals surface area contributed by atoms with E-state index in [1.807, 2.05) is 90.0 Å². The highest BCUT2D eigenvalue weighted by atomic mass is 16.7. The molecule has 10 aliphatic heterocycles. The van der Waals surface area contributed by atoms with Crippen LogP contribution in [0, 0.1) is 45.3 Å². The van der Waals surface area contributed by atoms with E-state index in [1.165, 1.54) is 84.2 Å². The maximum Gasteiger partial charge on any atom is 0.348 e. The summed E-state index contributed by atoms with van der Waals surface area (Å²) >= 11 is 0. The van der Waals surface area contributed by atoms with E-state index in [0.717, 1.165) is 99.9 Å². The number of cyclic esters (lactones) is 2. The van der Waals surface area contributed by atoms with Crippen molar-refractivity contribution in [1.29, 1.82) is 21.0 Å². The third kappa shape index (κ3) is 24.0. The number of carbonyl (C=O) groups excluding carboxylic acids is 11. The average Bonchev–Trinajstić information content (AvgIpc) is 1.68. The fraction of sp³-hybridized carbons (Fsp3) is 0.541. The highest BCUT2D eigenvalue weighted by molar-refractivity contribution is 6.30. The van der Waals surface area contributed by atoms with Crippen LogP contribution in [0.5, 0.6) is 0 Å². The number of likely N-dealkylation sites (tertiary alicyclic amines) is 3. The number of carbonyl (C=O) groups is 11. The predicted molar refractivity (Wildman–Crippen MR) is 434 cm³/mol. The van der Waals surface area contributed by atoms with Gasteiger partial charge < -0.3 is 53.1 Å². The number of ether oxygens (including phenoxy) is 5. The van der Waals surface area contributed by atoms with Crippen LogP contribution in [-0.4, -0.2) is 267 Å². The maximum absolute atomic E-state index is 12.7. The minimum atomic E-state index is -1.22. The summed E-state index contributed by atoms with van der Waals surface area (Å²) in [6.45, 7) is 38.8. The van der Waals surface area contributed by atoms with Crippen molar-refractivity contribution in [3.05, 3.63) is 141 Å². The Kier molecular flexibility index (Phi) is 34.2. The smallest absolute Gasteiger partial charge is 0.348 e. The molecule has 0 spiro atoms. The Morgan fingerprint density at radius 1 is 0.419 bits per heavy atom. The molecule has 32 heteroatoms. The molecule has 10 saturated heterocycles. The van der Waals surface area contributed by atoms with E-state index >= 15 is 0 Å². The number of likely N-dealkylation sites (N-methyl/N-ethyl adjacent to an activating group) is 6. The van der Waals surface area contributed by atoms with Gasteiger partial charge in [-0.25, -0.2) is 24.0 Å². The van der Waals surface area contributed by atoms with Crippen molar-refractivity contribution >= 4 is 65.5 Å². The number of barbiturate groups is 3. The lowest BCUT2D eigenvalue weighted by molar-refractivity contribution is -0.222. The molecule has 0 saturated carbocycles. The number of allylic oxidation sites excluding steroid dienone is 17. The molecule has 10 rings (SSSR count). The van der Waals surface area contributed by atoms with Crippen LogP contribution in [0.1, 0.15) is 162 Å². The van der Waals surface area contributed by atoms with Crippen molar-refractivity contribution in [2.24, 2.45) is 0 Å². The Morgan fingerprint density at radius 3 is 1.24 bits per heavy atom. The molecule has 0 atom stereocenters. The zero-order valence-electron chi connectivity index (χ0n) is 72.0. The van der Waals surface area contributed by atoms with Gasteiger partial charge in [-0.3, -0.25) is 58.2 Å². The first-order chi connectivity index (χ1) is 54.9. The van der Waals surface area contributed by atoms with Gasteiger partial charge in [0.25, 0.3) is 41.2 Å². The minimum Gasteiger partial charge on any atom is -0.477 e. The van der Waals surface area contributed by atoms with Gasteiger partial charge in [0.15, 0.2) is 17.6 Å². The number of rotatable bonds is 14. The number of urea groups is 3. The maximum atomic E-state index is 12.7. The molecular weight excluding hydrogens is 1500 g/mol. The lowest BCUT2D eigenvalue weighted by Crippen LogP contribution is -2.56. The molecule has 0 unspecified atom stereocenters. The van der Waals surface area contributed by atoms with Gasteiger partial charge in [-0.15, -0.1) is 0 Å². The summed E-state index contributed by atoms with van der Waals surface area (Å²) in [5.41, 5.74) is 3.29. The second-order valence-electron chi connectivity index (χ2n) is 31.5. The monoisotopic (exact) mass is 1620 g/mol. The number of nitriles is 4. The number of nitrogens with zero attached hydrogens (tertiary/aromatic N) is 16. The van der Waals surface area contributed by atoms with E-state index in [4.69, 9.17) is 44.7 Å². The van der Waals surface area contributed by atoms with E-state index in [0.29, 0.717) is 69.4 Å². The molecule has 0 aromatic heterocycles. The summed E-state index contributed by atoms with van der Waals surface area (Å²) in [7, 11) is 9.31. The Bertz CT molecular complexity index is 4280. The molecule has 32 nitrogen and oxygen atoms in total. The van der Waals surface area contributed by atoms with Crippen molar-refractivity contribution in [2.75, 3.05) is 108 Å². The second kappa shape index (κ2) is 41.9. The van der Waals surface area contributed by atoms with Crippen molar-refractivity contribution in [2.45, 2.75) is 197 Å². The van der Waals surface area contributed by atoms with E-state index in [2.05, 4.69) is 86.8 Å². The molecule has 10 fully saturated rings. The molecule has 12 amide bonds. The third-order valence-corrected chi connectivity index (χ3v) is 20.3. The summed E-state index contributed by atoms with van der Waals surface area (Å²) in [6.07, 6.45) is 27.1. The van der Waals surface area contributed by atoms with Crippen molar-refractivity contribution in [3.63, 3.8) is 0 Å². The van der Waals surface area contributed by atoms with Crippen molar-refractivity contribution in [3.8, 4) is 24.3 Å². The van der Waals surface area contributed by atoms with Crippen LogP contribution in [-0.2, 0) is 62.0 Å². The van der Waals surface area contributed by atoms with Gasteiger partial charge >= 0.3 is 30.0 Å². The molecule has 0 bridgehead atoms. The van der Waals surface area contributed by atoms with Crippen LogP contribution in [0.4, 0.5) is 14.4 Å². The highest BCUT2D eigenvalue weighted by Gasteiger charge is 2.45. The Hall–Kier alpha value is -12.2. The fourth-order valence-corrected chi connectivity index (χ4v) is 13.6. The van der Waals surface area contributed by atoms with Gasteiger partial charge in [0.2, 0.25) is 0 Å². The standard InChI is InChI=1S/C19H29N3O4.C16H23N3O4.C14H19NO5.C13H17N3O3.C12H15N3.C11H13N3/c1-6-11-20-16(23)14(17(24)21(12-7-2)18(20)25)9-10-15-22(8-3)19(4,5)13-26-15;1-10(2)19-12(23-9-16(19,3)4)8-7-11-13(20)17(5)15(22)18(6)14(11)21;1-13(2)8-18-10(15(13)5)7-6-9-11(16)19-14(3,4)20-12(9)17;1-14-8-4-5-9(14)6-7-10-11(17)15(2)13(19)16(3)12(10)18;1-10(2)15-7-3-4-12(15)6-5-11(8-13)9-14;1-2-14-7-3-4-11(14)6-5-10(8-12)9-13/h9-10H,6-8,11-13H2,1-5H3;7-8,10H,9H2,1-6H3;6-7H,8H2,1-5H3;6-7H,4-5,8H2,1-3H3;5-6,10H,3-4,7H2,1-2H3;5-6H,2-4,7H2,1H3/b15-10+;12-8+;10-7+;9-6-;12-6-;11-6-. The topological polar surface area (TPSA) is 368 Å². The molecular formula is C85H116N16O16. The van der Waals surface area contributed by atoms with Crippen LogP contribution in [0.15, 0.2) is 141 Å². The Morgan fingerprint density at radius 2 is 0.812 bits per heavy atom. The summed E-state index contributed by atoms with van der Waals surface area (Å²) in [5, 5.41) is 34.3. The van der Waals surface area contributed by atoms with Crippen LogP contribution in [0.2, 0.25) is 0 Å². The van der Waals surface area contributed by atoms with Crippen LogP contribution in [0.25, 0.3) is 0 Å². The van der Waals surface area contributed by atoms with Crippen LogP contribution >= 0.6 is 0 Å². The van der Waals surface area contributed by atoms with Crippen LogP contribution < -0.4 is 0 Å². The van der Waals surface area contributed by atoms with Gasteiger partial charge in [-0.05, 0) is 207 Å². The van der Waals surface area contributed by atoms with Gasteiger partial charge in [0.05, 0.1) is 16.6 Å². The number of hydrogen-bond acceptors (Lipinski definition) is 26. The molecule has 0 radical (unpaired) electrons. The summed E-state index contributed by atoms with van der Waals surface area (Å²) in [4.78, 5) is 152. The molecule has 0 aromatic carbocycles. The predicted octanol–water partition coefficient (Wildman–Crippen LogP) is 10.0. The molecule has 0 aliphatic carbocycles. The van der Waals surface area contributed by atoms with Crippen LogP contribution in [0.3, 0.4) is 0 Å². The quantitative estimate of drug-likeness (QED) is 0.0675. The minimum absolute atomic E-state index is 0.00311. The van der Waals surface area contributed by atoms with Gasteiger partial charge in [-0.2, -0.15) is 21.0 Å². The molecule has 0 aromatic rings. The summed E-state index contributed by atoms with van der Waals surface area (Å²) in [6, 6.07) is 6.34. The van der Waals surface area contributed by atoms with Crippen molar-refractivity contribution < 1.29 is 76.4 Å². The summed E-state index contributed by atoms with van der Waals surface area (Å²) < 4.78 is 27.0. The first-order valence-electron chi connectivity index (χ1n) is 39.3.